The van der Waals surface area contributed by atoms with Crippen molar-refractivity contribution in [3.8, 4) is 0 Å². The van der Waals surface area contributed by atoms with E-state index >= 15 is 0 Å². The first kappa shape index (κ1) is 22.3. The Kier molecular flexibility index (Phi) is 7.16. The van der Waals surface area contributed by atoms with Gasteiger partial charge in [-0.3, -0.25) is 14.2 Å². The van der Waals surface area contributed by atoms with Crippen molar-refractivity contribution < 1.29 is 23.8 Å². The van der Waals surface area contributed by atoms with Crippen molar-refractivity contribution >= 4 is 17.5 Å². The molecule has 3 atom stereocenters. The molecule has 2 heterocycles. The van der Waals surface area contributed by atoms with E-state index in [-0.39, 0.29) is 30.6 Å². The van der Waals surface area contributed by atoms with Crippen molar-refractivity contribution in [3.05, 3.63) is 67.7 Å². The number of hydrogen-bond donors (Lipinski definition) is 2. The summed E-state index contributed by atoms with van der Waals surface area (Å²) in [6, 6.07) is 6.98. The van der Waals surface area contributed by atoms with Crippen LogP contribution in [0.5, 0.6) is 0 Å². The molecular formula is C19H21ClFN3O6. The first-order valence-corrected chi connectivity index (χ1v) is 9.62. The maximum Gasteiger partial charge on any atom is 0.340 e. The second-order valence-corrected chi connectivity index (χ2v) is 7.20. The van der Waals surface area contributed by atoms with Gasteiger partial charge in [0, 0.05) is 24.4 Å². The average Bonchev–Trinajstić information content (AvgIpc) is 3.13. The highest BCUT2D eigenvalue weighted by Crippen LogP contribution is 2.30. The Hall–Kier alpha value is -2.37. The predicted molar refractivity (Wildman–Crippen MR) is 105 cm³/mol. The number of benzene rings is 1. The lowest BCUT2D eigenvalue weighted by atomic mass is 10.1. The van der Waals surface area contributed by atoms with Gasteiger partial charge in [-0.15, -0.1) is 0 Å². The Morgan fingerprint density at radius 2 is 2.03 bits per heavy atom. The van der Waals surface area contributed by atoms with E-state index in [1.165, 1.54) is 0 Å². The predicted octanol–water partition coefficient (Wildman–Crippen LogP) is 0.657. The third kappa shape index (κ3) is 4.68. The van der Waals surface area contributed by atoms with Crippen LogP contribution in [-0.2, 0) is 16.1 Å². The fraction of sp³-hybridized carbons (Fsp3) is 0.421. The lowest BCUT2D eigenvalue weighted by Gasteiger charge is -2.17. The molecule has 1 aliphatic heterocycles. The number of aliphatic hydroxyl groups excluding tert-OH is 1. The van der Waals surface area contributed by atoms with Crippen molar-refractivity contribution in [2.24, 2.45) is 5.73 Å². The van der Waals surface area contributed by atoms with Gasteiger partial charge in [0.05, 0.1) is 25.5 Å². The van der Waals surface area contributed by atoms with Crippen molar-refractivity contribution in [2.75, 3.05) is 13.2 Å². The molecule has 9 nitrogen and oxygen atoms in total. The Balaban J connectivity index is 1.82. The number of rotatable bonds is 7. The molecule has 0 bridgehead atoms. The molecule has 3 rings (SSSR count). The minimum atomic E-state index is -1.35. The maximum atomic E-state index is 14.1. The van der Waals surface area contributed by atoms with E-state index in [2.05, 4.69) is 0 Å². The monoisotopic (exact) mass is 441 g/mol. The Bertz CT molecular complexity index is 1020. The minimum Gasteiger partial charge on any atom is -0.394 e. The number of carbonyl (C=O) groups excluding carboxylic acids is 1. The zero-order chi connectivity index (χ0) is 21.8. The smallest absolute Gasteiger partial charge is 0.340 e. The highest BCUT2D eigenvalue weighted by atomic mass is 35.5. The fourth-order valence-electron chi connectivity index (χ4n) is 3.20. The zero-order valence-electron chi connectivity index (χ0n) is 15.9. The number of nitrogens with two attached hydrogens (primary N) is 1. The van der Waals surface area contributed by atoms with Crippen molar-refractivity contribution in [3.63, 3.8) is 0 Å². The van der Waals surface area contributed by atoms with E-state index in [0.717, 1.165) is 10.1 Å². The molecule has 162 valence electrons. The van der Waals surface area contributed by atoms with Crippen LogP contribution in [0.25, 0.3) is 0 Å². The topological polar surface area (TPSA) is 126 Å². The molecule has 3 N–H and O–H groups in total. The molecule has 0 amide bonds. The van der Waals surface area contributed by atoms with Gasteiger partial charge in [0.25, 0.3) is 5.56 Å². The van der Waals surface area contributed by atoms with Gasteiger partial charge in [0.2, 0.25) is 11.7 Å². The quantitative estimate of drug-likeness (QED) is 0.646. The Morgan fingerprint density at radius 3 is 2.67 bits per heavy atom. The summed E-state index contributed by atoms with van der Waals surface area (Å²) in [6.45, 7) is -0.300. The van der Waals surface area contributed by atoms with Gasteiger partial charge in [-0.2, -0.15) is 8.96 Å². The molecule has 0 saturated carbocycles. The van der Waals surface area contributed by atoms with Crippen LogP contribution in [0.15, 0.2) is 40.1 Å². The van der Waals surface area contributed by atoms with Gasteiger partial charge in [0.15, 0.2) is 0 Å². The molecule has 0 unspecified atom stereocenters. The molecule has 1 fully saturated rings. The van der Waals surface area contributed by atoms with E-state index in [4.69, 9.17) is 26.8 Å². The number of nitrogens with zero attached hydrogens (tertiary/aromatic N) is 2. The van der Waals surface area contributed by atoms with Crippen LogP contribution < -0.4 is 17.0 Å². The summed E-state index contributed by atoms with van der Waals surface area (Å²) in [5.74, 6) is -2.19. The summed E-state index contributed by atoms with van der Waals surface area (Å²) >= 11 is 5.85. The van der Waals surface area contributed by atoms with Crippen LogP contribution in [-0.4, -0.2) is 45.5 Å². The second-order valence-electron chi connectivity index (χ2n) is 6.76. The lowest BCUT2D eigenvalue weighted by Crippen LogP contribution is -2.46. The fourth-order valence-corrected chi connectivity index (χ4v) is 3.32. The summed E-state index contributed by atoms with van der Waals surface area (Å²) in [4.78, 5) is 36.7. The van der Waals surface area contributed by atoms with E-state index in [1.54, 1.807) is 24.3 Å². The van der Waals surface area contributed by atoms with Crippen LogP contribution in [0.2, 0.25) is 5.02 Å². The van der Waals surface area contributed by atoms with Crippen LogP contribution in [0.4, 0.5) is 4.39 Å². The third-order valence-corrected chi connectivity index (χ3v) is 4.98. The first-order valence-electron chi connectivity index (χ1n) is 9.25. The molecule has 1 aromatic heterocycles. The molecule has 1 aliphatic rings. The molecular weight excluding hydrogens is 421 g/mol. The van der Waals surface area contributed by atoms with Crippen LogP contribution in [0, 0.1) is 5.82 Å². The number of aromatic nitrogens is 2. The maximum absolute atomic E-state index is 14.1. The molecule has 0 radical (unpaired) electrons. The first-order chi connectivity index (χ1) is 14.3. The van der Waals surface area contributed by atoms with Gasteiger partial charge in [-0.25, -0.2) is 4.79 Å². The summed E-state index contributed by atoms with van der Waals surface area (Å²) in [5.41, 5.74) is 3.74. The van der Waals surface area contributed by atoms with Gasteiger partial charge in [-0.05, 0) is 17.7 Å². The summed E-state index contributed by atoms with van der Waals surface area (Å²) in [7, 11) is 0. The second kappa shape index (κ2) is 9.63. The van der Waals surface area contributed by atoms with Crippen LogP contribution in [0.1, 0.15) is 29.4 Å². The van der Waals surface area contributed by atoms with E-state index < -0.39 is 48.0 Å². The highest BCUT2D eigenvalue weighted by molar-refractivity contribution is 6.30. The van der Waals surface area contributed by atoms with Gasteiger partial charge in [-0.1, -0.05) is 23.7 Å². The number of carbonyl (C=O) groups is 1. The van der Waals surface area contributed by atoms with E-state index in [1.807, 2.05) is 0 Å². The summed E-state index contributed by atoms with van der Waals surface area (Å²) < 4.78 is 26.6. The normalized spacial score (nSPS) is 21.1. The lowest BCUT2D eigenvalue weighted by molar-refractivity contribution is -0.0661. The van der Waals surface area contributed by atoms with Crippen LogP contribution in [0.3, 0.4) is 0 Å². The SMILES string of the molecule is NCCC(=O)n1c(=O)c(F)cn([C@H]2C[C@H](OCc3ccc(Cl)cc3)[C@@H](CO)O2)c1=O. The van der Waals surface area contributed by atoms with Gasteiger partial charge >= 0.3 is 5.69 Å². The number of hydrogen-bond acceptors (Lipinski definition) is 7. The summed E-state index contributed by atoms with van der Waals surface area (Å²) in [5, 5.41) is 10.2. The van der Waals surface area contributed by atoms with Crippen LogP contribution >= 0.6 is 11.6 Å². The molecule has 0 spiro atoms. The average molecular weight is 442 g/mol. The Labute approximate surface area is 175 Å². The highest BCUT2D eigenvalue weighted by Gasteiger charge is 2.38. The molecule has 11 heteroatoms. The summed E-state index contributed by atoms with van der Waals surface area (Å²) in [6.07, 6.45) is -1.92. The zero-order valence-corrected chi connectivity index (χ0v) is 16.6. The Morgan fingerprint density at radius 1 is 1.33 bits per heavy atom. The minimum absolute atomic E-state index is 0.0987. The van der Waals surface area contributed by atoms with Crippen molar-refractivity contribution in [1.82, 2.24) is 9.13 Å². The van der Waals surface area contributed by atoms with E-state index in [0.29, 0.717) is 11.2 Å². The third-order valence-electron chi connectivity index (χ3n) is 4.73. The standard InChI is InChI=1S/C19H21ClFN3O6/c20-12-3-1-11(2-4-12)10-29-14-7-17(30-15(14)9-25)23-8-13(21)18(27)24(19(23)28)16(26)5-6-22/h1-4,8,14-15,17,25H,5-7,9-10,22H2/t14-,15+,17+/m0/s1. The molecule has 30 heavy (non-hydrogen) atoms. The van der Waals surface area contributed by atoms with E-state index in [9.17, 15) is 23.9 Å². The molecule has 1 aromatic carbocycles. The van der Waals surface area contributed by atoms with Crippen molar-refractivity contribution in [1.29, 1.82) is 0 Å². The number of aliphatic hydroxyl groups is 1. The van der Waals surface area contributed by atoms with Gasteiger partial charge < -0.3 is 20.3 Å². The largest absolute Gasteiger partial charge is 0.394 e. The van der Waals surface area contributed by atoms with Crippen molar-refractivity contribution in [2.45, 2.75) is 37.9 Å². The van der Waals surface area contributed by atoms with Gasteiger partial charge in [0.1, 0.15) is 12.3 Å². The number of ether oxygens (including phenoxy) is 2. The number of halogens is 2. The molecule has 1 saturated heterocycles. The molecule has 0 aliphatic carbocycles. The molecule has 2 aromatic rings.